The van der Waals surface area contributed by atoms with Gasteiger partial charge in [0.2, 0.25) is 5.91 Å². The SMILES string of the molecule is CCOc1cccc(C(=O)N2C[C@H](O)CC2C(=O)NCc2cc(-c3ccccc3)on2)c1. The van der Waals surface area contributed by atoms with E-state index in [0.29, 0.717) is 29.4 Å². The number of nitrogens with one attached hydrogen (secondary N) is 1. The third-order valence-corrected chi connectivity index (χ3v) is 5.30. The molecule has 1 saturated heterocycles. The van der Waals surface area contributed by atoms with Gasteiger partial charge < -0.3 is 24.6 Å². The van der Waals surface area contributed by atoms with Crippen LogP contribution < -0.4 is 10.1 Å². The molecule has 0 aliphatic carbocycles. The summed E-state index contributed by atoms with van der Waals surface area (Å²) in [4.78, 5) is 27.3. The van der Waals surface area contributed by atoms with Crippen molar-refractivity contribution in [3.8, 4) is 17.1 Å². The number of rotatable bonds is 7. The lowest BCUT2D eigenvalue weighted by atomic mass is 10.1. The average molecular weight is 435 g/mol. The minimum absolute atomic E-state index is 0.0951. The van der Waals surface area contributed by atoms with Gasteiger partial charge >= 0.3 is 0 Å². The molecular weight excluding hydrogens is 410 g/mol. The topological polar surface area (TPSA) is 105 Å². The summed E-state index contributed by atoms with van der Waals surface area (Å²) < 4.78 is 10.8. The molecule has 1 aliphatic heterocycles. The largest absolute Gasteiger partial charge is 0.494 e. The number of hydrogen-bond donors (Lipinski definition) is 2. The Morgan fingerprint density at radius 3 is 2.78 bits per heavy atom. The van der Waals surface area contributed by atoms with Gasteiger partial charge in [-0.1, -0.05) is 41.6 Å². The van der Waals surface area contributed by atoms with Gasteiger partial charge in [0.05, 0.1) is 19.3 Å². The highest BCUT2D eigenvalue weighted by molar-refractivity contribution is 5.98. The van der Waals surface area contributed by atoms with Crippen molar-refractivity contribution < 1.29 is 24.0 Å². The number of ether oxygens (including phenoxy) is 1. The van der Waals surface area contributed by atoms with Crippen molar-refractivity contribution in [2.24, 2.45) is 0 Å². The monoisotopic (exact) mass is 435 g/mol. The number of aromatic nitrogens is 1. The van der Waals surface area contributed by atoms with Crippen LogP contribution in [-0.4, -0.2) is 52.3 Å². The van der Waals surface area contributed by atoms with Crippen LogP contribution in [0.15, 0.2) is 65.2 Å². The van der Waals surface area contributed by atoms with E-state index in [1.54, 1.807) is 30.3 Å². The summed E-state index contributed by atoms with van der Waals surface area (Å²) in [6, 6.07) is 17.4. The molecule has 0 radical (unpaired) electrons. The van der Waals surface area contributed by atoms with Crippen LogP contribution in [0.2, 0.25) is 0 Å². The summed E-state index contributed by atoms with van der Waals surface area (Å²) in [7, 11) is 0. The molecule has 1 unspecified atom stereocenters. The molecule has 2 atom stereocenters. The molecule has 1 aliphatic rings. The van der Waals surface area contributed by atoms with Crippen molar-refractivity contribution in [2.45, 2.75) is 32.0 Å². The van der Waals surface area contributed by atoms with Gasteiger partial charge in [0.15, 0.2) is 5.76 Å². The molecule has 8 nitrogen and oxygen atoms in total. The summed E-state index contributed by atoms with van der Waals surface area (Å²) >= 11 is 0. The highest BCUT2D eigenvalue weighted by atomic mass is 16.5. The highest BCUT2D eigenvalue weighted by Gasteiger charge is 2.39. The number of carbonyl (C=O) groups is 2. The predicted molar refractivity (Wildman–Crippen MR) is 117 cm³/mol. The number of aliphatic hydroxyl groups excluding tert-OH is 1. The van der Waals surface area contributed by atoms with Crippen LogP contribution in [0.1, 0.15) is 29.4 Å². The van der Waals surface area contributed by atoms with Gasteiger partial charge in [0.25, 0.3) is 5.91 Å². The maximum absolute atomic E-state index is 13.1. The zero-order chi connectivity index (χ0) is 22.5. The zero-order valence-electron chi connectivity index (χ0n) is 17.7. The molecule has 0 saturated carbocycles. The molecule has 2 amide bonds. The van der Waals surface area contributed by atoms with Gasteiger partial charge in [-0.25, -0.2) is 0 Å². The number of carbonyl (C=O) groups excluding carboxylic acids is 2. The molecule has 2 heterocycles. The fourth-order valence-electron chi connectivity index (χ4n) is 3.77. The van der Waals surface area contributed by atoms with Crippen molar-refractivity contribution in [1.29, 1.82) is 0 Å². The minimum Gasteiger partial charge on any atom is -0.494 e. The maximum Gasteiger partial charge on any atom is 0.254 e. The summed E-state index contributed by atoms with van der Waals surface area (Å²) in [5.41, 5.74) is 1.87. The molecule has 166 valence electrons. The van der Waals surface area contributed by atoms with E-state index in [0.717, 1.165) is 5.56 Å². The molecule has 2 N–H and O–H groups in total. The summed E-state index contributed by atoms with van der Waals surface area (Å²) in [5, 5.41) is 16.9. The number of amides is 2. The Bertz CT molecular complexity index is 1080. The van der Waals surface area contributed by atoms with E-state index in [-0.39, 0.29) is 31.3 Å². The van der Waals surface area contributed by atoms with Crippen molar-refractivity contribution in [2.75, 3.05) is 13.2 Å². The van der Waals surface area contributed by atoms with Crippen LogP contribution in [0.5, 0.6) is 5.75 Å². The fourth-order valence-corrected chi connectivity index (χ4v) is 3.77. The van der Waals surface area contributed by atoms with E-state index < -0.39 is 12.1 Å². The van der Waals surface area contributed by atoms with Crippen LogP contribution in [0.25, 0.3) is 11.3 Å². The van der Waals surface area contributed by atoms with Gasteiger partial charge in [-0.15, -0.1) is 0 Å². The maximum atomic E-state index is 13.1. The first-order valence-corrected chi connectivity index (χ1v) is 10.6. The average Bonchev–Trinajstić information content (AvgIpc) is 3.45. The van der Waals surface area contributed by atoms with Gasteiger partial charge in [-0.05, 0) is 25.1 Å². The first kappa shape index (κ1) is 21.6. The standard InChI is InChI=1S/C24H25N3O5/c1-2-31-20-10-6-9-17(11-20)24(30)27-15-19(28)13-21(27)23(29)25-14-18-12-22(32-26-18)16-7-4-3-5-8-16/h3-12,19,21,28H,2,13-15H2,1H3,(H,25,29)/t19-,21?/m1/s1. The van der Waals surface area contributed by atoms with Crippen LogP contribution >= 0.6 is 0 Å². The normalized spacial score (nSPS) is 17.9. The van der Waals surface area contributed by atoms with Crippen molar-refractivity contribution >= 4 is 11.8 Å². The molecule has 0 bridgehead atoms. The second kappa shape index (κ2) is 9.65. The quantitative estimate of drug-likeness (QED) is 0.591. The van der Waals surface area contributed by atoms with Crippen molar-refractivity contribution in [1.82, 2.24) is 15.4 Å². The van der Waals surface area contributed by atoms with Gasteiger partial charge in [0.1, 0.15) is 17.5 Å². The Hall–Kier alpha value is -3.65. The first-order valence-electron chi connectivity index (χ1n) is 10.6. The Morgan fingerprint density at radius 2 is 2.00 bits per heavy atom. The van der Waals surface area contributed by atoms with Gasteiger partial charge in [0, 0.05) is 30.2 Å². The van der Waals surface area contributed by atoms with E-state index in [1.807, 2.05) is 37.3 Å². The molecule has 32 heavy (non-hydrogen) atoms. The number of benzene rings is 2. The molecular formula is C24H25N3O5. The molecule has 8 heteroatoms. The van der Waals surface area contributed by atoms with Crippen molar-refractivity contribution in [3.63, 3.8) is 0 Å². The third kappa shape index (κ3) is 4.81. The number of nitrogens with zero attached hydrogens (tertiary/aromatic N) is 2. The summed E-state index contributed by atoms with van der Waals surface area (Å²) in [6.45, 7) is 2.60. The first-order chi connectivity index (χ1) is 15.5. The Morgan fingerprint density at radius 1 is 1.19 bits per heavy atom. The minimum atomic E-state index is -0.770. The lowest BCUT2D eigenvalue weighted by Crippen LogP contribution is -2.45. The molecule has 1 aromatic heterocycles. The van der Waals surface area contributed by atoms with E-state index >= 15 is 0 Å². The van der Waals surface area contributed by atoms with E-state index in [9.17, 15) is 14.7 Å². The second-order valence-electron chi connectivity index (χ2n) is 7.59. The molecule has 1 fully saturated rings. The van der Waals surface area contributed by atoms with Crippen LogP contribution in [0, 0.1) is 0 Å². The fraction of sp³-hybridized carbons (Fsp3) is 0.292. The Labute approximate surface area is 185 Å². The number of aliphatic hydroxyl groups is 1. The second-order valence-corrected chi connectivity index (χ2v) is 7.59. The predicted octanol–water partition coefficient (Wildman–Crippen LogP) is 2.63. The van der Waals surface area contributed by atoms with Crippen LogP contribution in [0.3, 0.4) is 0 Å². The Balaban J connectivity index is 1.42. The van der Waals surface area contributed by atoms with Gasteiger partial charge in [-0.2, -0.15) is 0 Å². The number of β-amino-alcohol motifs (C(OH)–C–C–N with tert-alkyl or cyclic N) is 1. The lowest BCUT2D eigenvalue weighted by Gasteiger charge is -2.23. The van der Waals surface area contributed by atoms with Gasteiger partial charge in [-0.3, -0.25) is 9.59 Å². The lowest BCUT2D eigenvalue weighted by molar-refractivity contribution is -0.125. The molecule has 3 aromatic rings. The van der Waals surface area contributed by atoms with E-state index in [1.165, 1.54) is 4.90 Å². The molecule has 4 rings (SSSR count). The molecule has 0 spiro atoms. The number of hydrogen-bond acceptors (Lipinski definition) is 6. The van der Waals surface area contributed by atoms with E-state index in [4.69, 9.17) is 9.26 Å². The number of likely N-dealkylation sites (tertiary alicyclic amines) is 1. The molecule has 2 aromatic carbocycles. The van der Waals surface area contributed by atoms with Crippen molar-refractivity contribution in [3.05, 3.63) is 71.9 Å². The smallest absolute Gasteiger partial charge is 0.254 e. The summed E-state index contributed by atoms with van der Waals surface area (Å²) in [6.07, 6.45) is -0.585. The Kier molecular flexibility index (Phi) is 6.51. The van der Waals surface area contributed by atoms with Crippen LogP contribution in [-0.2, 0) is 11.3 Å². The zero-order valence-corrected chi connectivity index (χ0v) is 17.7. The van der Waals surface area contributed by atoms with Crippen LogP contribution in [0.4, 0.5) is 0 Å². The third-order valence-electron chi connectivity index (χ3n) is 5.30. The highest BCUT2D eigenvalue weighted by Crippen LogP contribution is 2.23. The summed E-state index contributed by atoms with van der Waals surface area (Å²) in [5.74, 6) is 0.521. The van der Waals surface area contributed by atoms with E-state index in [2.05, 4.69) is 10.5 Å².